The van der Waals surface area contributed by atoms with Crippen LogP contribution in [0.2, 0.25) is 5.02 Å². The van der Waals surface area contributed by atoms with Crippen molar-refractivity contribution in [3.05, 3.63) is 29.3 Å². The molecule has 0 saturated carbocycles. The van der Waals surface area contributed by atoms with Crippen LogP contribution in [0.3, 0.4) is 0 Å². The Kier molecular flexibility index (Phi) is 4.81. The smallest absolute Gasteiger partial charge is 0.0639 e. The van der Waals surface area contributed by atoms with E-state index in [0.29, 0.717) is 0 Å². The number of halogens is 1. The third-order valence-electron chi connectivity index (χ3n) is 4.34. The summed E-state index contributed by atoms with van der Waals surface area (Å²) in [4.78, 5) is 4.98. The van der Waals surface area contributed by atoms with Crippen LogP contribution in [0.4, 0.5) is 5.69 Å². The minimum absolute atomic E-state index is 0.732. The Balaban J connectivity index is 1.50. The summed E-state index contributed by atoms with van der Waals surface area (Å²) in [5.41, 5.74) is 1.18. The Labute approximate surface area is 126 Å². The van der Waals surface area contributed by atoms with Crippen molar-refractivity contribution in [3.8, 4) is 0 Å². The quantitative estimate of drug-likeness (QED) is 0.852. The third kappa shape index (κ3) is 3.46. The summed E-state index contributed by atoms with van der Waals surface area (Å²) in [6, 6.07) is 8.15. The zero-order valence-electron chi connectivity index (χ0n) is 11.9. The zero-order chi connectivity index (χ0) is 13.8. The van der Waals surface area contributed by atoms with Crippen molar-refractivity contribution in [1.29, 1.82) is 0 Å². The number of hydrogen-bond donors (Lipinski definition) is 0. The molecule has 20 heavy (non-hydrogen) atoms. The molecule has 1 atom stereocenters. The Bertz CT molecular complexity index is 426. The summed E-state index contributed by atoms with van der Waals surface area (Å²) in [7, 11) is 0. The zero-order valence-corrected chi connectivity index (χ0v) is 12.7. The average molecular weight is 295 g/mol. The van der Waals surface area contributed by atoms with Crippen molar-refractivity contribution in [2.75, 3.05) is 50.8 Å². The van der Waals surface area contributed by atoms with Crippen LogP contribution in [0.5, 0.6) is 0 Å². The maximum Gasteiger partial charge on any atom is 0.0639 e. The number of ether oxygens (including phenoxy) is 1. The molecule has 110 valence electrons. The Morgan fingerprint density at radius 3 is 2.65 bits per heavy atom. The van der Waals surface area contributed by atoms with Gasteiger partial charge in [-0.25, -0.2) is 0 Å². The van der Waals surface area contributed by atoms with Gasteiger partial charge in [0.15, 0.2) is 0 Å². The van der Waals surface area contributed by atoms with Gasteiger partial charge in [0, 0.05) is 39.3 Å². The highest BCUT2D eigenvalue weighted by Gasteiger charge is 2.22. The average Bonchev–Trinajstić information content (AvgIpc) is 2.50. The van der Waals surface area contributed by atoms with E-state index in [1.54, 1.807) is 0 Å². The van der Waals surface area contributed by atoms with Gasteiger partial charge in [0.2, 0.25) is 0 Å². The number of piperazine rings is 1. The summed E-state index contributed by atoms with van der Waals surface area (Å²) >= 11 is 6.28. The molecule has 1 aromatic rings. The van der Waals surface area contributed by atoms with Crippen LogP contribution in [0.25, 0.3) is 0 Å². The Hall–Kier alpha value is -0.770. The van der Waals surface area contributed by atoms with Gasteiger partial charge in [-0.3, -0.25) is 4.90 Å². The minimum atomic E-state index is 0.732. The number of para-hydroxylation sites is 1. The van der Waals surface area contributed by atoms with E-state index >= 15 is 0 Å². The highest BCUT2D eigenvalue weighted by molar-refractivity contribution is 6.33. The van der Waals surface area contributed by atoms with Gasteiger partial charge in [-0.15, -0.1) is 0 Å². The summed E-state index contributed by atoms with van der Waals surface area (Å²) in [5, 5.41) is 0.863. The van der Waals surface area contributed by atoms with Gasteiger partial charge in [0.1, 0.15) is 0 Å². The van der Waals surface area contributed by atoms with Crippen molar-refractivity contribution in [1.82, 2.24) is 4.90 Å². The lowest BCUT2D eigenvalue weighted by Gasteiger charge is -2.38. The van der Waals surface area contributed by atoms with Crippen LogP contribution in [0, 0.1) is 5.92 Å². The van der Waals surface area contributed by atoms with E-state index in [-0.39, 0.29) is 0 Å². The SMILES string of the molecule is Clc1ccccc1N1CCN(CC2CCCOC2)CC1. The molecule has 2 aliphatic rings. The minimum Gasteiger partial charge on any atom is -0.381 e. The summed E-state index contributed by atoms with van der Waals surface area (Å²) in [6.07, 6.45) is 2.55. The van der Waals surface area contributed by atoms with Crippen molar-refractivity contribution < 1.29 is 4.74 Å². The molecule has 0 amide bonds. The second-order valence-corrected chi connectivity index (χ2v) is 6.23. The highest BCUT2D eigenvalue weighted by atomic mass is 35.5. The molecule has 3 rings (SSSR count). The lowest BCUT2D eigenvalue weighted by atomic mass is 10.0. The van der Waals surface area contributed by atoms with Gasteiger partial charge >= 0.3 is 0 Å². The van der Waals surface area contributed by atoms with Gasteiger partial charge < -0.3 is 9.64 Å². The number of nitrogens with zero attached hydrogens (tertiary/aromatic N) is 2. The lowest BCUT2D eigenvalue weighted by Crippen LogP contribution is -2.48. The van der Waals surface area contributed by atoms with Crippen LogP contribution < -0.4 is 4.90 Å². The summed E-state index contributed by atoms with van der Waals surface area (Å²) in [6.45, 7) is 7.48. The van der Waals surface area contributed by atoms with E-state index in [1.807, 2.05) is 12.1 Å². The van der Waals surface area contributed by atoms with Crippen molar-refractivity contribution in [2.45, 2.75) is 12.8 Å². The van der Waals surface area contributed by atoms with Gasteiger partial charge in [-0.2, -0.15) is 0 Å². The Morgan fingerprint density at radius 2 is 1.95 bits per heavy atom. The predicted molar refractivity (Wildman–Crippen MR) is 83.6 cm³/mol. The fourth-order valence-corrected chi connectivity index (χ4v) is 3.45. The monoisotopic (exact) mass is 294 g/mol. The van der Waals surface area contributed by atoms with Gasteiger partial charge in [-0.05, 0) is 30.9 Å². The molecule has 0 radical (unpaired) electrons. The molecule has 1 unspecified atom stereocenters. The molecule has 0 bridgehead atoms. The van der Waals surface area contributed by atoms with Gasteiger partial charge in [-0.1, -0.05) is 23.7 Å². The Morgan fingerprint density at radius 1 is 1.15 bits per heavy atom. The number of anilines is 1. The van der Waals surface area contributed by atoms with Crippen LogP contribution in [-0.4, -0.2) is 50.8 Å². The molecule has 2 saturated heterocycles. The fourth-order valence-electron chi connectivity index (χ4n) is 3.20. The molecular weight excluding hydrogens is 272 g/mol. The molecule has 2 aliphatic heterocycles. The van der Waals surface area contributed by atoms with Crippen LogP contribution >= 0.6 is 11.6 Å². The highest BCUT2D eigenvalue weighted by Crippen LogP contribution is 2.26. The van der Waals surface area contributed by atoms with E-state index in [1.165, 1.54) is 25.1 Å². The normalized spacial score (nSPS) is 24.9. The molecule has 2 fully saturated rings. The molecule has 0 aromatic heterocycles. The first kappa shape index (κ1) is 14.2. The topological polar surface area (TPSA) is 15.7 Å². The maximum atomic E-state index is 6.28. The second-order valence-electron chi connectivity index (χ2n) is 5.82. The van der Waals surface area contributed by atoms with E-state index in [4.69, 9.17) is 16.3 Å². The first-order chi connectivity index (χ1) is 9.83. The molecule has 4 heteroatoms. The summed E-state index contributed by atoms with van der Waals surface area (Å²) < 4.78 is 5.58. The van der Waals surface area contributed by atoms with Crippen molar-refractivity contribution >= 4 is 17.3 Å². The van der Waals surface area contributed by atoms with E-state index in [0.717, 1.165) is 50.3 Å². The third-order valence-corrected chi connectivity index (χ3v) is 4.66. The number of benzene rings is 1. The first-order valence-electron chi connectivity index (χ1n) is 7.62. The molecule has 1 aromatic carbocycles. The first-order valence-corrected chi connectivity index (χ1v) is 8.00. The molecular formula is C16H23ClN2O. The number of rotatable bonds is 3. The van der Waals surface area contributed by atoms with Crippen molar-refractivity contribution in [2.24, 2.45) is 5.92 Å². The predicted octanol–water partition coefficient (Wildman–Crippen LogP) is 2.89. The maximum absolute atomic E-state index is 6.28. The van der Waals surface area contributed by atoms with Crippen LogP contribution in [-0.2, 0) is 4.74 Å². The van der Waals surface area contributed by atoms with Crippen LogP contribution in [0.1, 0.15) is 12.8 Å². The molecule has 3 nitrogen and oxygen atoms in total. The number of hydrogen-bond acceptors (Lipinski definition) is 3. The largest absolute Gasteiger partial charge is 0.381 e. The summed E-state index contributed by atoms with van der Waals surface area (Å²) in [5.74, 6) is 0.732. The molecule has 0 N–H and O–H groups in total. The molecule has 0 spiro atoms. The molecule has 0 aliphatic carbocycles. The van der Waals surface area contributed by atoms with Gasteiger partial charge in [0.25, 0.3) is 0 Å². The van der Waals surface area contributed by atoms with E-state index in [9.17, 15) is 0 Å². The van der Waals surface area contributed by atoms with Crippen molar-refractivity contribution in [3.63, 3.8) is 0 Å². The van der Waals surface area contributed by atoms with Crippen LogP contribution in [0.15, 0.2) is 24.3 Å². The fraction of sp³-hybridized carbons (Fsp3) is 0.625. The van der Waals surface area contributed by atoms with E-state index < -0.39 is 0 Å². The van der Waals surface area contributed by atoms with E-state index in [2.05, 4.69) is 21.9 Å². The standard InChI is InChI=1S/C16H23ClN2O/c17-15-5-1-2-6-16(15)19-9-7-18(8-10-19)12-14-4-3-11-20-13-14/h1-2,5-6,14H,3-4,7-13H2. The molecule has 2 heterocycles. The lowest BCUT2D eigenvalue weighted by molar-refractivity contribution is 0.0377. The second kappa shape index (κ2) is 6.79. The van der Waals surface area contributed by atoms with Gasteiger partial charge in [0.05, 0.1) is 17.3 Å².